The van der Waals surface area contributed by atoms with Crippen molar-refractivity contribution >= 4 is 6.03 Å². The van der Waals surface area contributed by atoms with Gasteiger partial charge in [-0.15, -0.1) is 0 Å². The lowest BCUT2D eigenvalue weighted by molar-refractivity contribution is 0.0166. The van der Waals surface area contributed by atoms with Crippen LogP contribution >= 0.6 is 0 Å². The van der Waals surface area contributed by atoms with Gasteiger partial charge in [-0.3, -0.25) is 4.90 Å². The Balaban J connectivity index is 2.29. The molecule has 21 heavy (non-hydrogen) atoms. The van der Waals surface area contributed by atoms with Gasteiger partial charge < -0.3 is 15.7 Å². The maximum absolute atomic E-state index is 11.8. The number of hydrogen-bond acceptors (Lipinski definition) is 3. The number of carbonyl (C=O) groups excluding carboxylic acids is 1. The fourth-order valence-electron chi connectivity index (χ4n) is 2.57. The molecule has 0 spiro atoms. The smallest absolute Gasteiger partial charge is 0.314 e. The van der Waals surface area contributed by atoms with E-state index in [1.165, 1.54) is 6.42 Å². The van der Waals surface area contributed by atoms with E-state index in [1.54, 1.807) is 6.92 Å². The lowest BCUT2D eigenvalue weighted by Gasteiger charge is -2.29. The molecule has 1 saturated heterocycles. The molecule has 5 heteroatoms. The summed E-state index contributed by atoms with van der Waals surface area (Å²) < 4.78 is 0. The topological polar surface area (TPSA) is 64.6 Å². The molecule has 2 atom stereocenters. The molecular formula is C16H33N3O2. The van der Waals surface area contributed by atoms with Gasteiger partial charge in [0.2, 0.25) is 0 Å². The largest absolute Gasteiger partial charge is 0.388 e. The number of nitrogens with one attached hydrogen (secondary N) is 2. The maximum Gasteiger partial charge on any atom is 0.314 e. The molecule has 1 aliphatic rings. The fraction of sp³-hybridized carbons (Fsp3) is 0.938. The van der Waals surface area contributed by atoms with Gasteiger partial charge in [0, 0.05) is 25.7 Å². The molecule has 1 rings (SSSR count). The first kappa shape index (κ1) is 18.2. The van der Waals surface area contributed by atoms with Gasteiger partial charge in [-0.05, 0) is 38.1 Å². The first-order chi connectivity index (χ1) is 9.72. The van der Waals surface area contributed by atoms with Crippen LogP contribution < -0.4 is 10.6 Å². The standard InChI is InChI=1S/C16H33N3O2/c1-12(2)10-19-8-6-7-14(19)9-17-15(20)18-11-16(5,21)13(3)4/h12-14,21H,6-11H2,1-5H3,(H2,17,18,20)/t14-,16?/m0/s1. The number of amides is 2. The molecule has 0 aromatic heterocycles. The van der Waals surface area contributed by atoms with E-state index in [0.29, 0.717) is 18.5 Å². The molecule has 1 fully saturated rings. The third-order valence-corrected chi connectivity index (χ3v) is 4.45. The van der Waals surface area contributed by atoms with Crippen LogP contribution in [0, 0.1) is 11.8 Å². The molecular weight excluding hydrogens is 266 g/mol. The van der Waals surface area contributed by atoms with Gasteiger partial charge in [-0.1, -0.05) is 27.7 Å². The minimum absolute atomic E-state index is 0.106. The van der Waals surface area contributed by atoms with Crippen molar-refractivity contribution < 1.29 is 9.90 Å². The predicted molar refractivity (Wildman–Crippen MR) is 86.3 cm³/mol. The number of aliphatic hydroxyl groups is 1. The van der Waals surface area contributed by atoms with Crippen LogP contribution in [0.25, 0.3) is 0 Å². The van der Waals surface area contributed by atoms with Crippen molar-refractivity contribution in [1.29, 1.82) is 0 Å². The SMILES string of the molecule is CC(C)CN1CCC[C@H]1CNC(=O)NCC(C)(O)C(C)C. The zero-order valence-corrected chi connectivity index (χ0v) is 14.3. The summed E-state index contributed by atoms with van der Waals surface area (Å²) in [5.41, 5.74) is -0.867. The van der Waals surface area contributed by atoms with Gasteiger partial charge in [0.1, 0.15) is 0 Å². The monoisotopic (exact) mass is 299 g/mol. The van der Waals surface area contributed by atoms with Crippen molar-refractivity contribution in [2.75, 3.05) is 26.2 Å². The van der Waals surface area contributed by atoms with Crippen LogP contribution in [-0.4, -0.2) is 53.9 Å². The minimum atomic E-state index is -0.867. The Labute approximate surface area is 129 Å². The second-order valence-corrected chi connectivity index (χ2v) is 7.26. The van der Waals surface area contributed by atoms with E-state index in [-0.39, 0.29) is 18.5 Å². The van der Waals surface area contributed by atoms with Gasteiger partial charge in [-0.25, -0.2) is 4.79 Å². The molecule has 1 unspecified atom stereocenters. The number of hydrogen-bond donors (Lipinski definition) is 3. The van der Waals surface area contributed by atoms with Crippen LogP contribution in [0.2, 0.25) is 0 Å². The molecule has 2 amide bonds. The molecule has 0 aromatic rings. The van der Waals surface area contributed by atoms with Crippen molar-refractivity contribution in [3.63, 3.8) is 0 Å². The fourth-order valence-corrected chi connectivity index (χ4v) is 2.57. The Bertz CT molecular complexity index is 329. The summed E-state index contributed by atoms with van der Waals surface area (Å²) in [6.45, 7) is 13.3. The van der Waals surface area contributed by atoms with Crippen molar-refractivity contribution in [3.8, 4) is 0 Å². The number of nitrogens with zero attached hydrogens (tertiary/aromatic N) is 1. The van der Waals surface area contributed by atoms with Gasteiger partial charge in [-0.2, -0.15) is 0 Å². The van der Waals surface area contributed by atoms with Crippen molar-refractivity contribution in [2.45, 2.75) is 59.1 Å². The van der Waals surface area contributed by atoms with Crippen LogP contribution in [0.5, 0.6) is 0 Å². The summed E-state index contributed by atoms with van der Waals surface area (Å²) in [5, 5.41) is 15.8. The number of urea groups is 1. The Morgan fingerprint density at radius 3 is 2.57 bits per heavy atom. The Kier molecular flexibility index (Phi) is 6.94. The zero-order chi connectivity index (χ0) is 16.0. The lowest BCUT2D eigenvalue weighted by atomic mass is 9.93. The zero-order valence-electron chi connectivity index (χ0n) is 14.3. The van der Waals surface area contributed by atoms with Crippen LogP contribution in [0.1, 0.15) is 47.5 Å². The summed E-state index contributed by atoms with van der Waals surface area (Å²) in [5.74, 6) is 0.759. The van der Waals surface area contributed by atoms with E-state index in [9.17, 15) is 9.90 Å². The lowest BCUT2D eigenvalue weighted by Crippen LogP contribution is -2.49. The van der Waals surface area contributed by atoms with Crippen molar-refractivity contribution in [3.05, 3.63) is 0 Å². The first-order valence-corrected chi connectivity index (χ1v) is 8.20. The summed E-state index contributed by atoms with van der Waals surface area (Å²) in [7, 11) is 0. The Hall–Kier alpha value is -0.810. The Morgan fingerprint density at radius 1 is 1.33 bits per heavy atom. The molecule has 0 aliphatic carbocycles. The number of rotatable bonds is 7. The van der Waals surface area contributed by atoms with Crippen LogP contribution in [0.4, 0.5) is 4.79 Å². The minimum Gasteiger partial charge on any atom is -0.388 e. The van der Waals surface area contributed by atoms with E-state index in [0.717, 1.165) is 19.5 Å². The average molecular weight is 299 g/mol. The summed E-state index contributed by atoms with van der Waals surface area (Å²) in [6, 6.07) is 0.260. The molecule has 0 saturated carbocycles. The summed E-state index contributed by atoms with van der Waals surface area (Å²) in [6.07, 6.45) is 2.36. The van der Waals surface area contributed by atoms with Crippen LogP contribution in [-0.2, 0) is 0 Å². The number of likely N-dealkylation sites (tertiary alicyclic amines) is 1. The normalized spacial score (nSPS) is 22.6. The molecule has 0 bridgehead atoms. The van der Waals surface area contributed by atoms with Gasteiger partial charge in [0.15, 0.2) is 0 Å². The third-order valence-electron chi connectivity index (χ3n) is 4.45. The molecule has 0 radical (unpaired) electrons. The molecule has 5 nitrogen and oxygen atoms in total. The van der Waals surface area contributed by atoms with Gasteiger partial charge in [0.05, 0.1) is 5.60 Å². The second kappa shape index (κ2) is 7.99. The Morgan fingerprint density at radius 2 is 2.00 bits per heavy atom. The highest BCUT2D eigenvalue weighted by molar-refractivity contribution is 5.73. The second-order valence-electron chi connectivity index (χ2n) is 7.26. The predicted octanol–water partition coefficient (Wildman–Crippen LogP) is 1.81. The highest BCUT2D eigenvalue weighted by Gasteiger charge is 2.27. The number of carbonyl (C=O) groups is 1. The van der Waals surface area contributed by atoms with E-state index in [2.05, 4.69) is 29.4 Å². The van der Waals surface area contributed by atoms with Crippen molar-refractivity contribution in [1.82, 2.24) is 15.5 Å². The van der Waals surface area contributed by atoms with Crippen LogP contribution in [0.3, 0.4) is 0 Å². The van der Waals surface area contributed by atoms with Crippen LogP contribution in [0.15, 0.2) is 0 Å². The highest BCUT2D eigenvalue weighted by Crippen LogP contribution is 2.18. The van der Waals surface area contributed by atoms with Crippen molar-refractivity contribution in [2.24, 2.45) is 11.8 Å². The summed E-state index contributed by atoms with van der Waals surface area (Å²) in [4.78, 5) is 14.3. The van der Waals surface area contributed by atoms with E-state index < -0.39 is 5.60 Å². The third kappa shape index (κ3) is 6.22. The summed E-state index contributed by atoms with van der Waals surface area (Å²) >= 11 is 0. The molecule has 124 valence electrons. The highest BCUT2D eigenvalue weighted by atomic mass is 16.3. The molecule has 1 aliphatic heterocycles. The van der Waals surface area contributed by atoms with Gasteiger partial charge >= 0.3 is 6.03 Å². The molecule has 0 aromatic carbocycles. The molecule has 3 N–H and O–H groups in total. The quantitative estimate of drug-likeness (QED) is 0.672. The maximum atomic E-state index is 11.8. The molecule has 1 heterocycles. The van der Waals surface area contributed by atoms with E-state index >= 15 is 0 Å². The van der Waals surface area contributed by atoms with Gasteiger partial charge in [0.25, 0.3) is 0 Å². The van der Waals surface area contributed by atoms with E-state index in [1.807, 2.05) is 13.8 Å². The first-order valence-electron chi connectivity index (χ1n) is 8.20. The van der Waals surface area contributed by atoms with E-state index in [4.69, 9.17) is 0 Å². The average Bonchev–Trinajstić information content (AvgIpc) is 2.80.